The summed E-state index contributed by atoms with van der Waals surface area (Å²) in [4.78, 5) is 19.5. The first-order chi connectivity index (χ1) is 11.6. The predicted molar refractivity (Wildman–Crippen MR) is 99.0 cm³/mol. The van der Waals surface area contributed by atoms with Crippen LogP contribution in [0.1, 0.15) is 28.7 Å². The number of amides is 1. The molecule has 130 valence electrons. The molecule has 0 saturated carbocycles. The Hall–Kier alpha value is -1.92. The molecule has 1 aromatic carbocycles. The van der Waals surface area contributed by atoms with Gasteiger partial charge in [0.15, 0.2) is 0 Å². The van der Waals surface area contributed by atoms with E-state index in [-0.39, 0.29) is 5.91 Å². The molecular formula is C18H25N3O2S. The van der Waals surface area contributed by atoms with Crippen LogP contribution >= 0.6 is 11.3 Å². The quantitative estimate of drug-likeness (QED) is 0.797. The van der Waals surface area contributed by atoms with Gasteiger partial charge in [-0.05, 0) is 44.7 Å². The second kappa shape index (κ2) is 8.80. The van der Waals surface area contributed by atoms with Gasteiger partial charge in [-0.15, -0.1) is 11.3 Å². The van der Waals surface area contributed by atoms with Crippen molar-refractivity contribution in [2.45, 2.75) is 20.3 Å². The third-order valence-corrected chi connectivity index (χ3v) is 4.80. The number of carbonyl (C=O) groups excluding carboxylic acids is 1. The van der Waals surface area contributed by atoms with Crippen molar-refractivity contribution >= 4 is 17.2 Å². The second-order valence-electron chi connectivity index (χ2n) is 5.64. The van der Waals surface area contributed by atoms with Crippen molar-refractivity contribution in [3.8, 4) is 16.3 Å². The van der Waals surface area contributed by atoms with Gasteiger partial charge in [0.25, 0.3) is 5.91 Å². The molecule has 2 rings (SSSR count). The van der Waals surface area contributed by atoms with Crippen LogP contribution in [0.4, 0.5) is 0 Å². The number of benzene rings is 1. The molecule has 0 spiro atoms. The lowest BCUT2D eigenvalue weighted by molar-refractivity contribution is 0.0800. The van der Waals surface area contributed by atoms with Crippen molar-refractivity contribution in [3.05, 3.63) is 34.8 Å². The molecule has 24 heavy (non-hydrogen) atoms. The summed E-state index contributed by atoms with van der Waals surface area (Å²) < 4.78 is 5.60. The van der Waals surface area contributed by atoms with Gasteiger partial charge in [0.2, 0.25) is 0 Å². The van der Waals surface area contributed by atoms with Crippen molar-refractivity contribution < 1.29 is 9.53 Å². The molecule has 2 aromatic rings. The minimum absolute atomic E-state index is 0.0226. The Kier molecular flexibility index (Phi) is 6.75. The number of ether oxygens (including phenoxy) is 1. The molecule has 1 amide bonds. The highest BCUT2D eigenvalue weighted by atomic mass is 32.1. The first-order valence-corrected chi connectivity index (χ1v) is 8.99. The van der Waals surface area contributed by atoms with Gasteiger partial charge in [-0.2, -0.15) is 0 Å². The van der Waals surface area contributed by atoms with Crippen LogP contribution in [0.3, 0.4) is 0 Å². The van der Waals surface area contributed by atoms with E-state index in [1.165, 1.54) is 11.3 Å². The molecular weight excluding hydrogens is 322 g/mol. The van der Waals surface area contributed by atoms with E-state index >= 15 is 0 Å². The van der Waals surface area contributed by atoms with Gasteiger partial charge in [-0.3, -0.25) is 4.79 Å². The molecule has 0 atom stereocenters. The van der Waals surface area contributed by atoms with Gasteiger partial charge in [0.1, 0.15) is 15.6 Å². The summed E-state index contributed by atoms with van der Waals surface area (Å²) in [5.41, 5.74) is 1.78. The minimum atomic E-state index is 0.0226. The Bertz CT molecular complexity index is 667. The molecule has 0 aliphatic rings. The lowest BCUT2D eigenvalue weighted by Gasteiger charge is -2.15. The van der Waals surface area contributed by atoms with Crippen LogP contribution in [0, 0.1) is 6.92 Å². The molecule has 0 aliphatic heterocycles. The molecule has 0 fully saturated rings. The smallest absolute Gasteiger partial charge is 0.265 e. The number of hydrogen-bond acceptors (Lipinski definition) is 5. The number of thiazole rings is 1. The topological polar surface area (TPSA) is 54.5 Å². The van der Waals surface area contributed by atoms with Crippen LogP contribution in [0.2, 0.25) is 0 Å². The number of rotatable bonds is 8. The summed E-state index contributed by atoms with van der Waals surface area (Å²) in [6.07, 6.45) is 0.986. The van der Waals surface area contributed by atoms with E-state index in [0.29, 0.717) is 18.0 Å². The van der Waals surface area contributed by atoms with E-state index < -0.39 is 0 Å². The van der Waals surface area contributed by atoms with Crippen LogP contribution in [-0.2, 0) is 0 Å². The van der Waals surface area contributed by atoms with Crippen molar-refractivity contribution in [3.63, 3.8) is 0 Å². The van der Waals surface area contributed by atoms with Gasteiger partial charge < -0.3 is 15.0 Å². The molecule has 0 bridgehead atoms. The van der Waals surface area contributed by atoms with Gasteiger partial charge >= 0.3 is 0 Å². The van der Waals surface area contributed by atoms with Crippen LogP contribution in [0.15, 0.2) is 24.3 Å². The van der Waals surface area contributed by atoms with E-state index in [1.54, 1.807) is 4.90 Å². The fourth-order valence-corrected chi connectivity index (χ4v) is 3.25. The zero-order valence-electron chi connectivity index (χ0n) is 14.8. The number of nitrogens with zero attached hydrogens (tertiary/aromatic N) is 2. The van der Waals surface area contributed by atoms with Gasteiger partial charge in [0.05, 0.1) is 12.3 Å². The number of carbonyl (C=O) groups is 1. The summed E-state index contributed by atoms with van der Waals surface area (Å²) in [7, 11) is 3.70. The van der Waals surface area contributed by atoms with E-state index in [1.807, 2.05) is 45.3 Å². The number of aromatic nitrogens is 1. The first kappa shape index (κ1) is 18.4. The summed E-state index contributed by atoms with van der Waals surface area (Å²) in [5, 5.41) is 3.91. The maximum Gasteiger partial charge on any atom is 0.265 e. The molecule has 1 N–H and O–H groups in total. The second-order valence-corrected chi connectivity index (χ2v) is 6.64. The molecule has 1 aromatic heterocycles. The van der Waals surface area contributed by atoms with Crippen LogP contribution in [-0.4, -0.2) is 49.6 Å². The van der Waals surface area contributed by atoms with E-state index in [0.717, 1.165) is 35.0 Å². The van der Waals surface area contributed by atoms with Gasteiger partial charge in [-0.25, -0.2) is 4.98 Å². The summed E-state index contributed by atoms with van der Waals surface area (Å²) in [6.45, 7) is 6.13. The van der Waals surface area contributed by atoms with Crippen LogP contribution in [0.25, 0.3) is 10.6 Å². The van der Waals surface area contributed by atoms with E-state index in [4.69, 9.17) is 4.74 Å². The maximum absolute atomic E-state index is 12.5. The third kappa shape index (κ3) is 4.55. The SMILES string of the molecule is CCCOc1ccc(-c2nc(C)c(C(=O)N(C)CCNC)s2)cc1. The van der Waals surface area contributed by atoms with Gasteiger partial charge in [0, 0.05) is 25.7 Å². The summed E-state index contributed by atoms with van der Waals surface area (Å²) in [6, 6.07) is 7.87. The highest BCUT2D eigenvalue weighted by Gasteiger charge is 2.19. The van der Waals surface area contributed by atoms with E-state index in [2.05, 4.69) is 17.2 Å². The highest BCUT2D eigenvalue weighted by molar-refractivity contribution is 7.17. The predicted octanol–water partition coefficient (Wildman–Crippen LogP) is 3.20. The Morgan fingerprint density at radius 1 is 1.33 bits per heavy atom. The molecule has 0 aliphatic carbocycles. The Morgan fingerprint density at radius 3 is 2.67 bits per heavy atom. The zero-order valence-corrected chi connectivity index (χ0v) is 15.6. The number of nitrogens with one attached hydrogen (secondary N) is 1. The Morgan fingerprint density at radius 2 is 2.04 bits per heavy atom. The fraction of sp³-hybridized carbons (Fsp3) is 0.444. The number of hydrogen-bond donors (Lipinski definition) is 1. The normalized spacial score (nSPS) is 10.7. The molecule has 0 saturated heterocycles. The van der Waals surface area contributed by atoms with Crippen molar-refractivity contribution in [2.75, 3.05) is 33.8 Å². The van der Waals surface area contributed by atoms with Crippen molar-refractivity contribution in [1.29, 1.82) is 0 Å². The standard InChI is InChI=1S/C18H25N3O2S/c1-5-12-23-15-8-6-14(7-9-15)17-20-13(2)16(24-17)18(22)21(4)11-10-19-3/h6-9,19H,5,10-12H2,1-4H3. The number of likely N-dealkylation sites (N-methyl/N-ethyl adjacent to an activating group) is 2. The lowest BCUT2D eigenvalue weighted by atomic mass is 10.2. The van der Waals surface area contributed by atoms with Crippen LogP contribution < -0.4 is 10.1 Å². The monoisotopic (exact) mass is 347 g/mol. The first-order valence-electron chi connectivity index (χ1n) is 8.17. The Labute approximate surface area is 147 Å². The third-order valence-electron chi connectivity index (χ3n) is 3.61. The summed E-state index contributed by atoms with van der Waals surface area (Å²) >= 11 is 1.44. The molecule has 5 nitrogen and oxygen atoms in total. The fourth-order valence-electron chi connectivity index (χ4n) is 2.19. The van der Waals surface area contributed by atoms with Crippen LogP contribution in [0.5, 0.6) is 5.75 Å². The largest absolute Gasteiger partial charge is 0.494 e. The van der Waals surface area contributed by atoms with Crippen molar-refractivity contribution in [1.82, 2.24) is 15.2 Å². The molecule has 1 heterocycles. The van der Waals surface area contributed by atoms with Gasteiger partial charge in [-0.1, -0.05) is 6.92 Å². The average Bonchev–Trinajstić information content (AvgIpc) is 2.99. The Balaban J connectivity index is 2.14. The molecule has 6 heteroatoms. The van der Waals surface area contributed by atoms with E-state index in [9.17, 15) is 4.79 Å². The average molecular weight is 347 g/mol. The lowest BCUT2D eigenvalue weighted by Crippen LogP contribution is -2.32. The summed E-state index contributed by atoms with van der Waals surface area (Å²) in [5.74, 6) is 0.881. The minimum Gasteiger partial charge on any atom is -0.494 e. The molecule has 0 unspecified atom stereocenters. The zero-order chi connectivity index (χ0) is 17.5. The maximum atomic E-state index is 12.5. The highest BCUT2D eigenvalue weighted by Crippen LogP contribution is 2.29. The number of aryl methyl sites for hydroxylation is 1. The van der Waals surface area contributed by atoms with Crippen molar-refractivity contribution in [2.24, 2.45) is 0 Å². The molecule has 0 radical (unpaired) electrons.